The molecule has 0 saturated heterocycles. The van der Waals surface area contributed by atoms with Crippen molar-refractivity contribution in [2.45, 2.75) is 23.6 Å². The van der Waals surface area contributed by atoms with E-state index in [1.54, 1.807) is 48.5 Å². The fourth-order valence-electron chi connectivity index (χ4n) is 4.42. The van der Waals surface area contributed by atoms with Crippen molar-refractivity contribution in [1.82, 2.24) is 0 Å². The van der Waals surface area contributed by atoms with E-state index in [0.29, 0.717) is 11.4 Å². The third-order valence-electron chi connectivity index (χ3n) is 6.60. The zero-order chi connectivity index (χ0) is 34.3. The molecule has 0 unspecified atom stereocenters. The van der Waals surface area contributed by atoms with Crippen LogP contribution in [0.1, 0.15) is 11.1 Å². The Labute approximate surface area is 278 Å². The second-order valence-corrected chi connectivity index (χ2v) is 13.5. The van der Waals surface area contributed by atoms with E-state index in [4.69, 9.17) is 8.37 Å². The summed E-state index contributed by atoms with van der Waals surface area (Å²) >= 11 is 0. The molecule has 0 fully saturated rings. The molecule has 14 heteroatoms. The number of hydrogen-bond acceptors (Lipinski definition) is 8. The molecule has 4 amide bonds. The van der Waals surface area contributed by atoms with Crippen molar-refractivity contribution in [3.8, 4) is 11.5 Å². The number of hydrogen-bond donors (Lipinski definition) is 4. The maximum atomic E-state index is 13.3. The van der Waals surface area contributed by atoms with Gasteiger partial charge in [0.05, 0.1) is 11.4 Å². The van der Waals surface area contributed by atoms with Crippen LogP contribution in [0.25, 0.3) is 0 Å². The number of amides is 4. The summed E-state index contributed by atoms with van der Waals surface area (Å²) in [7, 11) is -9.21. The highest BCUT2D eigenvalue weighted by Crippen LogP contribution is 2.31. The minimum atomic E-state index is -4.61. The topological polar surface area (TPSA) is 169 Å². The van der Waals surface area contributed by atoms with E-state index in [0.717, 1.165) is 29.3 Å². The van der Waals surface area contributed by atoms with Crippen molar-refractivity contribution in [3.63, 3.8) is 0 Å². The Morgan fingerprint density at radius 3 is 1.29 bits per heavy atom. The molecule has 0 spiro atoms. The number of rotatable bonds is 10. The molecule has 246 valence electrons. The highest BCUT2D eigenvalue weighted by molar-refractivity contribution is 7.88. The second kappa shape index (κ2) is 14.3. The Kier molecular flexibility index (Phi) is 9.96. The van der Waals surface area contributed by atoms with Gasteiger partial charge in [0, 0.05) is 11.4 Å². The van der Waals surface area contributed by atoms with E-state index in [9.17, 15) is 26.4 Å². The van der Waals surface area contributed by atoms with Gasteiger partial charge in [0.2, 0.25) is 0 Å². The molecule has 0 aliphatic rings. The van der Waals surface area contributed by atoms with Crippen LogP contribution in [0.15, 0.2) is 131 Å². The van der Waals surface area contributed by atoms with E-state index in [-0.39, 0.29) is 22.9 Å². The van der Waals surface area contributed by atoms with Crippen LogP contribution in [0.4, 0.5) is 32.3 Å². The molecular formula is C34H30N4O8S2. The van der Waals surface area contributed by atoms with Crippen molar-refractivity contribution in [2.75, 3.05) is 21.3 Å². The lowest BCUT2D eigenvalue weighted by atomic mass is 10.2. The number of carbonyl (C=O) groups excluding carboxylic acids is 2. The molecule has 5 aromatic rings. The highest BCUT2D eigenvalue weighted by Gasteiger charge is 2.25. The Hall–Kier alpha value is -5.86. The summed E-state index contributed by atoms with van der Waals surface area (Å²) in [6.07, 6.45) is 0. The van der Waals surface area contributed by atoms with Crippen LogP contribution in [-0.2, 0) is 20.2 Å². The number of para-hydroxylation sites is 4. The molecular weight excluding hydrogens is 657 g/mol. The van der Waals surface area contributed by atoms with Crippen molar-refractivity contribution in [2.24, 2.45) is 0 Å². The summed E-state index contributed by atoms with van der Waals surface area (Å²) in [5.41, 5.74) is 3.02. The van der Waals surface area contributed by atoms with Gasteiger partial charge in [-0.25, -0.2) is 9.59 Å². The lowest BCUT2D eigenvalue weighted by Crippen LogP contribution is -2.21. The number of benzene rings is 5. The zero-order valence-corrected chi connectivity index (χ0v) is 27.3. The number of aryl methyl sites for hydroxylation is 2. The van der Waals surface area contributed by atoms with Crippen LogP contribution < -0.4 is 29.6 Å². The van der Waals surface area contributed by atoms with E-state index in [1.807, 2.05) is 26.0 Å². The fraction of sp³-hybridized carbons (Fsp3) is 0.0588. The summed E-state index contributed by atoms with van der Waals surface area (Å²) in [6.45, 7) is 3.74. The van der Waals surface area contributed by atoms with Crippen LogP contribution in [0.5, 0.6) is 11.5 Å². The number of nitrogens with one attached hydrogen (secondary N) is 4. The first kappa shape index (κ1) is 33.5. The van der Waals surface area contributed by atoms with Gasteiger partial charge in [0.1, 0.15) is 9.79 Å². The Morgan fingerprint density at radius 2 is 0.875 bits per heavy atom. The predicted octanol–water partition coefficient (Wildman–Crippen LogP) is 7.13. The number of urea groups is 2. The monoisotopic (exact) mass is 686 g/mol. The minimum absolute atomic E-state index is 0.0499. The van der Waals surface area contributed by atoms with Gasteiger partial charge in [-0.05, 0) is 91.7 Å². The summed E-state index contributed by atoms with van der Waals surface area (Å²) in [5, 5.41) is 10.4. The molecule has 0 aromatic heterocycles. The average Bonchev–Trinajstić information content (AvgIpc) is 3.03. The number of carbonyl (C=O) groups is 2. The van der Waals surface area contributed by atoms with Gasteiger partial charge in [0.25, 0.3) is 0 Å². The van der Waals surface area contributed by atoms with Gasteiger partial charge < -0.3 is 29.6 Å². The van der Waals surface area contributed by atoms with Crippen molar-refractivity contribution < 1.29 is 34.8 Å². The minimum Gasteiger partial charge on any atom is -0.377 e. The van der Waals surface area contributed by atoms with Gasteiger partial charge in [-0.1, -0.05) is 54.6 Å². The second-order valence-electron chi connectivity index (χ2n) is 10.4. The molecule has 0 saturated carbocycles. The Balaban J connectivity index is 1.31. The molecule has 4 N–H and O–H groups in total. The molecule has 0 aliphatic heterocycles. The third-order valence-corrected chi connectivity index (χ3v) is 9.06. The van der Waals surface area contributed by atoms with Gasteiger partial charge >= 0.3 is 32.3 Å². The first-order chi connectivity index (χ1) is 22.9. The molecule has 0 aliphatic carbocycles. The largest absolute Gasteiger partial charge is 0.377 e. The summed E-state index contributed by atoms with van der Waals surface area (Å²) in [4.78, 5) is 24.3. The quantitative estimate of drug-likeness (QED) is 0.113. The molecule has 48 heavy (non-hydrogen) atoms. The zero-order valence-electron chi connectivity index (χ0n) is 25.6. The van der Waals surface area contributed by atoms with E-state index < -0.39 is 42.1 Å². The third kappa shape index (κ3) is 8.69. The fourth-order valence-corrected chi connectivity index (χ4v) is 6.48. The predicted molar refractivity (Wildman–Crippen MR) is 183 cm³/mol. The average molecular weight is 687 g/mol. The van der Waals surface area contributed by atoms with Crippen molar-refractivity contribution in [1.29, 1.82) is 0 Å². The molecule has 0 radical (unpaired) electrons. The standard InChI is InChI=1S/C34H30N4O8S2/c1-23-10-7-12-25(20-23)35-33(39)37-29-16-3-5-18-31(29)45-47(41,42)27-14-9-15-28(22-27)48(43,44)46-32-19-6-4-17-30(32)38-34(40)36-26-13-8-11-24(2)21-26/h3-22H,1-2H3,(H2,35,37,39)(H2,36,38,40). The van der Waals surface area contributed by atoms with E-state index >= 15 is 0 Å². The lowest BCUT2D eigenvalue weighted by molar-refractivity contribution is 0.261. The van der Waals surface area contributed by atoms with Crippen LogP contribution in [0, 0.1) is 13.8 Å². The van der Waals surface area contributed by atoms with Crippen LogP contribution in [-0.4, -0.2) is 28.9 Å². The summed E-state index contributed by atoms with van der Waals surface area (Å²) in [5.74, 6) is -0.407. The van der Waals surface area contributed by atoms with Gasteiger partial charge in [-0.3, -0.25) is 0 Å². The first-order valence-corrected chi connectivity index (χ1v) is 17.2. The van der Waals surface area contributed by atoms with E-state index in [1.165, 1.54) is 42.5 Å². The summed E-state index contributed by atoms with van der Waals surface area (Å²) in [6, 6.07) is 29.1. The Morgan fingerprint density at radius 1 is 0.479 bits per heavy atom. The van der Waals surface area contributed by atoms with Gasteiger partial charge in [-0.15, -0.1) is 0 Å². The van der Waals surface area contributed by atoms with Crippen molar-refractivity contribution >= 4 is 55.0 Å². The molecule has 0 heterocycles. The normalized spacial score (nSPS) is 11.2. The molecule has 0 atom stereocenters. The summed E-state index contributed by atoms with van der Waals surface area (Å²) < 4.78 is 63.9. The molecule has 5 rings (SSSR count). The molecule has 5 aromatic carbocycles. The molecule has 0 bridgehead atoms. The lowest BCUT2D eigenvalue weighted by Gasteiger charge is -2.15. The molecule has 12 nitrogen and oxygen atoms in total. The SMILES string of the molecule is Cc1cccc(NC(=O)Nc2ccccc2OS(=O)(=O)c2cccc(S(=O)(=O)Oc3ccccc3NC(=O)Nc3cccc(C)c3)c2)c1. The smallest absolute Gasteiger partial charge is 0.339 e. The van der Waals surface area contributed by atoms with E-state index in [2.05, 4.69) is 21.3 Å². The number of anilines is 4. The van der Waals surface area contributed by atoms with Gasteiger partial charge in [0.15, 0.2) is 11.5 Å². The highest BCUT2D eigenvalue weighted by atomic mass is 32.2. The maximum absolute atomic E-state index is 13.3. The van der Waals surface area contributed by atoms with Crippen LogP contribution in [0.2, 0.25) is 0 Å². The van der Waals surface area contributed by atoms with Crippen LogP contribution in [0.3, 0.4) is 0 Å². The maximum Gasteiger partial charge on any atom is 0.339 e. The van der Waals surface area contributed by atoms with Gasteiger partial charge in [-0.2, -0.15) is 16.8 Å². The Bertz CT molecular complexity index is 2050. The van der Waals surface area contributed by atoms with Crippen LogP contribution >= 0.6 is 0 Å². The van der Waals surface area contributed by atoms with Crippen molar-refractivity contribution in [3.05, 3.63) is 132 Å². The first-order valence-electron chi connectivity index (χ1n) is 14.3.